The highest BCUT2D eigenvalue weighted by molar-refractivity contribution is 7.89. The molecule has 2 atom stereocenters. The van der Waals surface area contributed by atoms with Gasteiger partial charge in [0, 0.05) is 17.9 Å². The molecule has 0 aliphatic carbocycles. The number of hydrogen-bond donors (Lipinski definition) is 3. The van der Waals surface area contributed by atoms with Gasteiger partial charge in [-0.25, -0.2) is 17.9 Å². The number of hydrogen-bond acceptors (Lipinski definition) is 5. The summed E-state index contributed by atoms with van der Waals surface area (Å²) in [5.41, 5.74) is 3.81. The van der Waals surface area contributed by atoms with Gasteiger partial charge < -0.3 is 10.4 Å². The number of carboxylic acids is 1. The molecule has 2 unspecified atom stereocenters. The Hall–Kier alpha value is -2.95. The van der Waals surface area contributed by atoms with E-state index >= 15 is 0 Å². The van der Waals surface area contributed by atoms with Gasteiger partial charge in [-0.2, -0.15) is 0 Å². The zero-order valence-corrected chi connectivity index (χ0v) is 21.3. The van der Waals surface area contributed by atoms with Crippen LogP contribution in [-0.4, -0.2) is 63.0 Å². The summed E-state index contributed by atoms with van der Waals surface area (Å²) in [6.07, 6.45) is 2.83. The number of para-hydroxylation sites is 1. The molecule has 10 heteroatoms. The molecule has 9 nitrogen and oxygen atoms in total. The molecular formula is C26H34N4O5S. The van der Waals surface area contributed by atoms with Gasteiger partial charge in [-0.15, -0.1) is 0 Å². The number of urea groups is 1. The minimum absolute atomic E-state index is 0.0472. The van der Waals surface area contributed by atoms with Gasteiger partial charge in [-0.3, -0.25) is 14.6 Å². The quantitative estimate of drug-likeness (QED) is 0.449. The van der Waals surface area contributed by atoms with E-state index in [1.807, 2.05) is 55.5 Å². The number of carbonyl (C=O) groups excluding carboxylic acids is 1. The molecule has 0 aromatic heterocycles. The van der Waals surface area contributed by atoms with Crippen molar-refractivity contribution in [3.63, 3.8) is 0 Å². The van der Waals surface area contributed by atoms with Gasteiger partial charge >= 0.3 is 12.0 Å². The lowest BCUT2D eigenvalue weighted by Gasteiger charge is -2.26. The van der Waals surface area contributed by atoms with Crippen LogP contribution in [0, 0.1) is 0 Å². The molecule has 0 saturated carbocycles. The normalized spacial score (nSPS) is 19.1. The third-order valence-electron chi connectivity index (χ3n) is 6.77. The number of aliphatic carboxylic acids is 1. The number of fused-ring (bicyclic) bond motifs is 1. The van der Waals surface area contributed by atoms with Gasteiger partial charge in [0.1, 0.15) is 6.04 Å². The molecule has 2 heterocycles. The van der Waals surface area contributed by atoms with Crippen molar-refractivity contribution in [3.8, 4) is 0 Å². The van der Waals surface area contributed by atoms with Crippen molar-refractivity contribution >= 4 is 33.4 Å². The maximum Gasteiger partial charge on any atom is 0.329 e. The van der Waals surface area contributed by atoms with Crippen molar-refractivity contribution in [2.45, 2.75) is 51.1 Å². The second-order valence-electron chi connectivity index (χ2n) is 9.37. The highest BCUT2D eigenvalue weighted by Crippen LogP contribution is 2.32. The molecule has 1 fully saturated rings. The Kier molecular flexibility index (Phi) is 8.28. The van der Waals surface area contributed by atoms with Gasteiger partial charge in [0.15, 0.2) is 0 Å². The first-order chi connectivity index (χ1) is 17.3. The fraction of sp³-hybridized carbons (Fsp3) is 0.462. The largest absolute Gasteiger partial charge is 0.480 e. The monoisotopic (exact) mass is 514 g/mol. The number of rotatable bonds is 10. The van der Waals surface area contributed by atoms with Crippen molar-refractivity contribution < 1.29 is 23.1 Å². The number of amides is 2. The van der Waals surface area contributed by atoms with E-state index in [1.54, 1.807) is 9.80 Å². The predicted molar refractivity (Wildman–Crippen MR) is 140 cm³/mol. The molecule has 194 valence electrons. The summed E-state index contributed by atoms with van der Waals surface area (Å²) in [5, 5.41) is 13.3. The molecule has 0 radical (unpaired) electrons. The second kappa shape index (κ2) is 11.4. The lowest BCUT2D eigenvalue weighted by molar-refractivity contribution is -0.139. The Bertz CT molecular complexity index is 1190. The molecule has 2 aromatic carbocycles. The van der Waals surface area contributed by atoms with E-state index in [-0.39, 0.29) is 24.7 Å². The zero-order valence-electron chi connectivity index (χ0n) is 20.5. The Balaban J connectivity index is 1.65. The van der Waals surface area contributed by atoms with Gasteiger partial charge in [0.05, 0.1) is 11.8 Å². The highest BCUT2D eigenvalue weighted by Gasteiger charge is 2.42. The Morgan fingerprint density at radius 1 is 1.11 bits per heavy atom. The summed E-state index contributed by atoms with van der Waals surface area (Å²) in [4.78, 5) is 29.0. The van der Waals surface area contributed by atoms with E-state index in [4.69, 9.17) is 0 Å². The minimum atomic E-state index is -3.76. The van der Waals surface area contributed by atoms with Crippen LogP contribution in [0.1, 0.15) is 37.3 Å². The summed E-state index contributed by atoms with van der Waals surface area (Å²) >= 11 is 0. The third-order valence-corrected chi connectivity index (χ3v) is 8.24. The van der Waals surface area contributed by atoms with E-state index in [0.29, 0.717) is 24.2 Å². The summed E-state index contributed by atoms with van der Waals surface area (Å²) in [6, 6.07) is 13.1. The van der Waals surface area contributed by atoms with Gasteiger partial charge in [0.25, 0.3) is 0 Å². The Morgan fingerprint density at radius 3 is 2.53 bits per heavy atom. The van der Waals surface area contributed by atoms with E-state index in [1.165, 1.54) is 5.56 Å². The lowest BCUT2D eigenvalue weighted by atomic mass is 10.0. The Morgan fingerprint density at radius 2 is 1.83 bits per heavy atom. The molecular weight excluding hydrogens is 480 g/mol. The van der Waals surface area contributed by atoms with Crippen molar-refractivity contribution in [2.24, 2.45) is 0 Å². The molecule has 3 N–H and O–H groups in total. The van der Waals surface area contributed by atoms with Crippen LogP contribution in [0.4, 0.5) is 16.2 Å². The number of sulfonamides is 1. The van der Waals surface area contributed by atoms with Crippen molar-refractivity contribution in [1.82, 2.24) is 10.0 Å². The first-order valence-corrected chi connectivity index (χ1v) is 14.2. The maximum absolute atomic E-state index is 13.7. The summed E-state index contributed by atoms with van der Waals surface area (Å²) in [6.45, 7) is 3.88. The summed E-state index contributed by atoms with van der Waals surface area (Å²) in [7, 11) is -3.76. The van der Waals surface area contributed by atoms with E-state index in [9.17, 15) is 23.1 Å². The number of nitrogens with zero attached hydrogens (tertiary/aromatic N) is 2. The van der Waals surface area contributed by atoms with E-state index in [2.05, 4.69) is 10.0 Å². The minimum Gasteiger partial charge on any atom is -0.480 e. The van der Waals surface area contributed by atoms with Crippen LogP contribution in [0.15, 0.2) is 48.5 Å². The molecule has 1 saturated heterocycles. The molecule has 2 aliphatic heterocycles. The van der Waals surface area contributed by atoms with Crippen LogP contribution in [0.2, 0.25) is 0 Å². The molecule has 0 spiro atoms. The van der Waals surface area contributed by atoms with Crippen molar-refractivity contribution in [2.75, 3.05) is 35.2 Å². The van der Waals surface area contributed by atoms with Crippen LogP contribution in [0.3, 0.4) is 0 Å². The average molecular weight is 515 g/mol. The molecule has 2 aliphatic rings. The number of benzene rings is 2. The van der Waals surface area contributed by atoms with Crippen molar-refractivity contribution in [1.29, 1.82) is 0 Å². The number of nitrogens with one attached hydrogen (secondary N) is 2. The van der Waals surface area contributed by atoms with Crippen LogP contribution < -0.4 is 19.8 Å². The molecule has 36 heavy (non-hydrogen) atoms. The first-order valence-electron chi connectivity index (χ1n) is 12.5. The fourth-order valence-electron chi connectivity index (χ4n) is 4.87. The predicted octanol–water partition coefficient (Wildman–Crippen LogP) is 2.75. The van der Waals surface area contributed by atoms with Gasteiger partial charge in [0.2, 0.25) is 10.0 Å². The number of carboxylic acid groups (broad SMARTS) is 1. The molecule has 2 aromatic rings. The lowest BCUT2D eigenvalue weighted by Crippen LogP contribution is -2.47. The summed E-state index contributed by atoms with van der Waals surface area (Å²) < 4.78 is 27.4. The Labute approximate surface area is 212 Å². The molecule has 4 rings (SSSR count). The summed E-state index contributed by atoms with van der Waals surface area (Å²) in [5.74, 6) is -1.39. The van der Waals surface area contributed by atoms with Crippen molar-refractivity contribution in [3.05, 3.63) is 59.7 Å². The van der Waals surface area contributed by atoms with Crippen LogP contribution in [0.5, 0.6) is 0 Å². The topological polar surface area (TPSA) is 119 Å². The smallest absolute Gasteiger partial charge is 0.329 e. The molecule has 2 amide bonds. The maximum atomic E-state index is 13.7. The van der Waals surface area contributed by atoms with Crippen LogP contribution >= 0.6 is 0 Å². The standard InChI is InChI=1S/C26H34N4O5S/c1-2-3-15-36(34,35)28-24(25(31)32)17-23-18-29(21-7-5-4-6-8-21)26(33)30(23)22-10-9-19-11-13-27-14-12-20(19)16-22/h4-10,16,23-24,27-28H,2-3,11-15,17-18H2,1H3,(H,31,32). The fourth-order valence-corrected chi connectivity index (χ4v) is 6.29. The number of unbranched alkanes of at least 4 members (excludes halogenated alkanes) is 1. The van der Waals surface area contributed by atoms with Crippen LogP contribution in [0.25, 0.3) is 0 Å². The zero-order chi connectivity index (χ0) is 25.7. The number of carbonyl (C=O) groups is 2. The van der Waals surface area contributed by atoms with Gasteiger partial charge in [-0.1, -0.05) is 37.6 Å². The highest BCUT2D eigenvalue weighted by atomic mass is 32.2. The number of anilines is 2. The average Bonchev–Trinajstić information content (AvgIpc) is 3.02. The van der Waals surface area contributed by atoms with Gasteiger partial charge in [-0.05, 0) is 74.2 Å². The second-order valence-corrected chi connectivity index (χ2v) is 11.2. The SMILES string of the molecule is CCCCS(=O)(=O)NC(CC1CN(c2ccccc2)C(=O)N1c1ccc2c(c1)CCNCC2)C(=O)O. The van der Waals surface area contributed by atoms with E-state index < -0.39 is 28.1 Å². The first kappa shape index (κ1) is 26.1. The van der Waals surface area contributed by atoms with Crippen LogP contribution in [-0.2, 0) is 27.7 Å². The molecule has 0 bridgehead atoms. The van der Waals surface area contributed by atoms with E-state index in [0.717, 1.165) is 31.5 Å². The third kappa shape index (κ3) is 6.05.